The number of nitrogens with one attached hydrogen (secondary N) is 1. The Morgan fingerprint density at radius 2 is 1.45 bits per heavy atom. The van der Waals surface area contributed by atoms with Crippen molar-refractivity contribution in [2.45, 2.75) is 12.7 Å². The summed E-state index contributed by atoms with van der Waals surface area (Å²) in [7, 11) is -4.19. The van der Waals surface area contributed by atoms with Crippen LogP contribution in [-0.4, -0.2) is 45.0 Å². The Morgan fingerprint density at radius 1 is 0.900 bits per heavy atom. The molecule has 210 valence electrons. The fraction of sp³-hybridized carbons (Fsp3) is 0.241. The van der Waals surface area contributed by atoms with Crippen molar-refractivity contribution in [3.63, 3.8) is 0 Å². The summed E-state index contributed by atoms with van der Waals surface area (Å²) in [6, 6.07) is 23.8. The van der Waals surface area contributed by atoms with Crippen LogP contribution in [0, 0.1) is 12.3 Å². The Morgan fingerprint density at radius 3 is 2.00 bits per heavy atom. The normalized spacial score (nSPS) is 12.2. The summed E-state index contributed by atoms with van der Waals surface area (Å²) in [6.07, 6.45) is 4.28. The highest BCUT2D eigenvalue weighted by Crippen LogP contribution is 2.59. The Bertz CT molecular complexity index is 1260. The number of benzene rings is 3. The lowest BCUT2D eigenvalue weighted by molar-refractivity contribution is 0.0357. The molecule has 0 aliphatic heterocycles. The first-order valence-corrected chi connectivity index (χ1v) is 14.0. The van der Waals surface area contributed by atoms with Gasteiger partial charge >= 0.3 is 13.7 Å². The van der Waals surface area contributed by atoms with Gasteiger partial charge in [-0.25, -0.2) is 14.4 Å². The fourth-order valence-electron chi connectivity index (χ4n) is 3.36. The zero-order valence-corrected chi connectivity index (χ0v) is 23.0. The minimum atomic E-state index is -4.19. The highest BCUT2D eigenvalue weighted by molar-refractivity contribution is 7.55. The van der Waals surface area contributed by atoms with Gasteiger partial charge in [-0.3, -0.25) is 0 Å². The molecule has 1 amide bonds. The third kappa shape index (κ3) is 10.1. The predicted molar refractivity (Wildman–Crippen MR) is 153 cm³/mol. The number of para-hydroxylation sites is 2. The highest BCUT2D eigenvalue weighted by Gasteiger charge is 2.42. The Balaban J connectivity index is 1.84. The van der Waals surface area contributed by atoms with Crippen molar-refractivity contribution in [1.29, 1.82) is 0 Å². The second-order valence-corrected chi connectivity index (χ2v) is 10.2. The molecule has 1 unspecified atom stereocenters. The number of rotatable bonds is 15. The minimum absolute atomic E-state index is 0.0551. The van der Waals surface area contributed by atoms with Crippen molar-refractivity contribution < 1.29 is 32.6 Å². The molecule has 0 aromatic heterocycles. The largest absolute Gasteiger partial charge is 0.457 e. The smallest absolute Gasteiger partial charge is 0.447 e. The highest BCUT2D eigenvalue weighted by atomic mass is 31.2. The van der Waals surface area contributed by atoms with Crippen molar-refractivity contribution in [1.82, 2.24) is 5.32 Å². The number of amides is 1. The van der Waals surface area contributed by atoms with E-state index in [1.54, 1.807) is 91.9 Å². The average molecular weight is 566 g/mol. The Kier molecular flexibility index (Phi) is 12.1. The van der Waals surface area contributed by atoms with Crippen molar-refractivity contribution in [2.75, 3.05) is 33.0 Å². The number of aliphatic imine (C=N–C) groups is 1. The number of amidine groups is 1. The first-order valence-electron chi connectivity index (χ1n) is 12.4. The lowest BCUT2D eigenvalue weighted by atomic mass is 10.2. The van der Waals surface area contributed by atoms with Crippen molar-refractivity contribution >= 4 is 25.2 Å². The molecule has 0 saturated carbocycles. The van der Waals surface area contributed by atoms with Gasteiger partial charge in [0.1, 0.15) is 24.7 Å². The van der Waals surface area contributed by atoms with Crippen LogP contribution >= 0.6 is 7.60 Å². The summed E-state index contributed by atoms with van der Waals surface area (Å²) < 4.78 is 42.2. The second-order valence-electron chi connectivity index (χ2n) is 8.25. The van der Waals surface area contributed by atoms with Crippen LogP contribution in [0.5, 0.6) is 11.5 Å². The first-order chi connectivity index (χ1) is 19.4. The van der Waals surface area contributed by atoms with Gasteiger partial charge < -0.3 is 34.3 Å². The summed E-state index contributed by atoms with van der Waals surface area (Å²) >= 11 is 0. The zero-order valence-electron chi connectivity index (χ0n) is 22.1. The molecule has 0 aliphatic carbocycles. The molecule has 0 radical (unpaired) electrons. The topological polar surface area (TPSA) is 131 Å². The maximum Gasteiger partial charge on any atom is 0.457 e. The molecule has 10 nitrogen and oxygen atoms in total. The van der Waals surface area contributed by atoms with Crippen LogP contribution in [0.1, 0.15) is 18.3 Å². The van der Waals surface area contributed by atoms with E-state index in [0.29, 0.717) is 35.2 Å². The number of nitrogens with two attached hydrogens (primary N) is 1. The fourth-order valence-corrected chi connectivity index (χ4v) is 5.24. The maximum absolute atomic E-state index is 14.5. The number of carbonyl (C=O) groups is 1. The lowest BCUT2D eigenvalue weighted by Gasteiger charge is -2.28. The van der Waals surface area contributed by atoms with Gasteiger partial charge in [0.25, 0.3) is 0 Å². The molecule has 3 aromatic rings. The van der Waals surface area contributed by atoms with E-state index in [2.05, 4.69) is 16.2 Å². The van der Waals surface area contributed by atoms with Gasteiger partial charge in [0, 0.05) is 0 Å². The number of hydrogen-bond acceptors (Lipinski definition) is 8. The molecule has 3 rings (SSSR count). The molecule has 0 saturated heterocycles. The van der Waals surface area contributed by atoms with Crippen LogP contribution in [-0.2, 0) is 18.8 Å². The molecule has 1 atom stereocenters. The summed E-state index contributed by atoms with van der Waals surface area (Å²) in [6.45, 7) is 2.54. The van der Waals surface area contributed by atoms with Gasteiger partial charge in [0.05, 0.1) is 31.3 Å². The van der Waals surface area contributed by atoms with Crippen molar-refractivity contribution in [3.8, 4) is 23.8 Å². The number of carbonyl (C=O) groups excluding carboxylic acids is 1. The zero-order chi connectivity index (χ0) is 28.6. The standard InChI is InChI=1S/C29H32N3O7P/c1-3-18-35-19-20-36-21-22-37-29(33)32-28(24-14-16-25(17-15-24)31-23(2)30)40(34,38-26-10-6-4-7-11-26)39-27-12-8-5-9-13-27/h1,4-17,28H,18-22H2,2H3,(H2,30,31)(H,32,33). The molecule has 3 N–H and O–H groups in total. The van der Waals surface area contributed by atoms with Gasteiger partial charge in [-0.1, -0.05) is 54.5 Å². The van der Waals surface area contributed by atoms with Crippen LogP contribution < -0.4 is 20.1 Å². The number of ether oxygens (including phenoxy) is 3. The first kappa shape index (κ1) is 30.3. The molecule has 0 bridgehead atoms. The SMILES string of the molecule is C#CCOCCOCCOC(=O)NC(c1ccc(N=C(C)N)cc1)P(=O)(Oc1ccccc1)Oc1ccccc1. The third-order valence-electron chi connectivity index (χ3n) is 5.06. The quantitative estimate of drug-likeness (QED) is 0.0819. The molecule has 40 heavy (non-hydrogen) atoms. The van der Waals surface area contributed by atoms with E-state index in [1.165, 1.54) is 0 Å². The van der Waals surface area contributed by atoms with Gasteiger partial charge in [-0.15, -0.1) is 6.42 Å². The monoisotopic (exact) mass is 565 g/mol. The van der Waals surface area contributed by atoms with Gasteiger partial charge in [-0.05, 0) is 48.9 Å². The van der Waals surface area contributed by atoms with Gasteiger partial charge in [-0.2, -0.15) is 0 Å². The predicted octanol–water partition coefficient (Wildman–Crippen LogP) is 5.44. The van der Waals surface area contributed by atoms with Crippen molar-refractivity contribution in [2.24, 2.45) is 10.7 Å². The number of alkyl carbamates (subject to hydrolysis) is 1. The van der Waals surface area contributed by atoms with Crippen LogP contribution in [0.15, 0.2) is 89.9 Å². The average Bonchev–Trinajstić information content (AvgIpc) is 2.94. The van der Waals surface area contributed by atoms with Crippen LogP contribution in [0.25, 0.3) is 0 Å². The Labute approximate surface area is 234 Å². The molecule has 0 spiro atoms. The molecular formula is C29H32N3O7P. The molecule has 11 heteroatoms. The van der Waals surface area contributed by atoms with E-state index in [-0.39, 0.29) is 26.4 Å². The molecular weight excluding hydrogens is 533 g/mol. The Hall–Kier alpha value is -4.29. The third-order valence-corrected chi connectivity index (χ3v) is 7.05. The molecule has 0 aliphatic rings. The minimum Gasteiger partial charge on any atom is -0.447 e. The number of hydrogen-bond donors (Lipinski definition) is 2. The summed E-state index contributed by atoms with van der Waals surface area (Å²) in [5.41, 5.74) is 6.71. The van der Waals surface area contributed by atoms with E-state index in [9.17, 15) is 9.36 Å². The maximum atomic E-state index is 14.5. The van der Waals surface area contributed by atoms with Crippen LogP contribution in [0.2, 0.25) is 0 Å². The van der Waals surface area contributed by atoms with Gasteiger partial charge in [0.15, 0.2) is 5.78 Å². The van der Waals surface area contributed by atoms with E-state index < -0.39 is 19.5 Å². The molecule has 3 aromatic carbocycles. The molecule has 0 heterocycles. The molecule has 0 fully saturated rings. The van der Waals surface area contributed by atoms with Crippen LogP contribution in [0.3, 0.4) is 0 Å². The van der Waals surface area contributed by atoms with E-state index >= 15 is 0 Å². The summed E-state index contributed by atoms with van der Waals surface area (Å²) in [4.78, 5) is 17.1. The van der Waals surface area contributed by atoms with E-state index in [1.807, 2.05) is 0 Å². The second kappa shape index (κ2) is 16.0. The lowest BCUT2D eigenvalue weighted by Crippen LogP contribution is -2.32. The van der Waals surface area contributed by atoms with E-state index in [0.717, 1.165) is 0 Å². The summed E-state index contributed by atoms with van der Waals surface area (Å²) in [5, 5.41) is 2.66. The number of nitrogens with zero attached hydrogens (tertiary/aromatic N) is 1. The van der Waals surface area contributed by atoms with Crippen molar-refractivity contribution in [3.05, 3.63) is 90.5 Å². The number of terminal acetylenes is 1. The summed E-state index contributed by atoms with van der Waals surface area (Å²) in [5.74, 6) is 2.07. The van der Waals surface area contributed by atoms with Crippen LogP contribution in [0.4, 0.5) is 10.5 Å². The van der Waals surface area contributed by atoms with E-state index in [4.69, 9.17) is 35.4 Å². The van der Waals surface area contributed by atoms with Gasteiger partial charge in [0.2, 0.25) is 0 Å².